The number of pyridine rings is 1. The van der Waals surface area contributed by atoms with Gasteiger partial charge in [0.1, 0.15) is 5.69 Å². The summed E-state index contributed by atoms with van der Waals surface area (Å²) in [6.07, 6.45) is 2.22. The number of hydrogen-bond acceptors (Lipinski definition) is 4. The zero-order valence-electron chi connectivity index (χ0n) is 12.3. The van der Waals surface area contributed by atoms with E-state index in [9.17, 15) is 9.59 Å². The molecule has 0 aliphatic carbocycles. The van der Waals surface area contributed by atoms with Crippen LogP contribution in [0.5, 0.6) is 0 Å². The fourth-order valence-electron chi connectivity index (χ4n) is 2.51. The first-order valence-corrected chi connectivity index (χ1v) is 7.07. The molecule has 0 saturated carbocycles. The molecule has 21 heavy (non-hydrogen) atoms. The molecule has 1 aliphatic heterocycles. The van der Waals surface area contributed by atoms with Crippen molar-refractivity contribution in [1.29, 1.82) is 0 Å². The van der Waals surface area contributed by atoms with Crippen LogP contribution in [0.15, 0.2) is 18.3 Å². The monoisotopic (exact) mass is 292 g/mol. The van der Waals surface area contributed by atoms with E-state index in [1.54, 1.807) is 11.0 Å². The largest absolute Gasteiger partial charge is 0.477 e. The summed E-state index contributed by atoms with van der Waals surface area (Å²) in [7, 11) is 0. The summed E-state index contributed by atoms with van der Waals surface area (Å²) in [4.78, 5) is 29.1. The zero-order valence-corrected chi connectivity index (χ0v) is 12.3. The molecule has 1 unspecified atom stereocenters. The van der Waals surface area contributed by atoms with E-state index in [0.29, 0.717) is 31.2 Å². The Hall–Kier alpha value is -1.95. The van der Waals surface area contributed by atoms with Gasteiger partial charge in [-0.05, 0) is 24.5 Å². The minimum atomic E-state index is -1.13. The smallest absolute Gasteiger partial charge is 0.354 e. The lowest BCUT2D eigenvalue weighted by Gasteiger charge is -2.36. The first kappa shape index (κ1) is 15.4. The lowest BCUT2D eigenvalue weighted by molar-refractivity contribution is -0.00747. The van der Waals surface area contributed by atoms with Crippen molar-refractivity contribution >= 4 is 11.9 Å². The lowest BCUT2D eigenvalue weighted by Crippen LogP contribution is -2.49. The lowest BCUT2D eigenvalue weighted by atomic mass is 10.0. The highest BCUT2D eigenvalue weighted by atomic mass is 16.5. The van der Waals surface area contributed by atoms with Crippen molar-refractivity contribution in [3.05, 3.63) is 29.6 Å². The Labute approximate surface area is 123 Å². The SMILES string of the molecule is CC(C)CC1COCCN1C(=O)c1ccnc(C(=O)O)c1. The number of rotatable bonds is 4. The summed E-state index contributed by atoms with van der Waals surface area (Å²) < 4.78 is 5.46. The predicted molar refractivity (Wildman–Crippen MR) is 76.3 cm³/mol. The van der Waals surface area contributed by atoms with E-state index in [0.717, 1.165) is 6.42 Å². The first-order valence-electron chi connectivity index (χ1n) is 7.07. The number of carbonyl (C=O) groups excluding carboxylic acids is 1. The van der Waals surface area contributed by atoms with Crippen LogP contribution in [0, 0.1) is 5.92 Å². The van der Waals surface area contributed by atoms with E-state index >= 15 is 0 Å². The Bertz CT molecular complexity index is 530. The van der Waals surface area contributed by atoms with Crippen molar-refractivity contribution in [3.63, 3.8) is 0 Å². The van der Waals surface area contributed by atoms with Gasteiger partial charge in [0.05, 0.1) is 19.3 Å². The molecule has 1 N–H and O–H groups in total. The molecule has 1 aromatic heterocycles. The second kappa shape index (κ2) is 6.67. The van der Waals surface area contributed by atoms with Crippen molar-refractivity contribution in [2.24, 2.45) is 5.92 Å². The molecule has 114 valence electrons. The van der Waals surface area contributed by atoms with Gasteiger partial charge in [0.25, 0.3) is 5.91 Å². The molecule has 2 heterocycles. The zero-order chi connectivity index (χ0) is 15.4. The molecule has 1 atom stereocenters. The fourth-order valence-corrected chi connectivity index (χ4v) is 2.51. The number of carbonyl (C=O) groups is 2. The maximum Gasteiger partial charge on any atom is 0.354 e. The molecule has 1 saturated heterocycles. The number of carboxylic acids is 1. The summed E-state index contributed by atoms with van der Waals surface area (Å²) >= 11 is 0. The van der Waals surface area contributed by atoms with Crippen LogP contribution in [0.25, 0.3) is 0 Å². The van der Waals surface area contributed by atoms with Gasteiger partial charge < -0.3 is 14.7 Å². The van der Waals surface area contributed by atoms with Crippen molar-refractivity contribution in [1.82, 2.24) is 9.88 Å². The van der Waals surface area contributed by atoms with Gasteiger partial charge in [-0.25, -0.2) is 9.78 Å². The average Bonchev–Trinajstić information content (AvgIpc) is 2.46. The number of aromatic nitrogens is 1. The van der Waals surface area contributed by atoms with E-state index < -0.39 is 5.97 Å². The topological polar surface area (TPSA) is 79.7 Å². The molecule has 1 fully saturated rings. The number of nitrogens with zero attached hydrogens (tertiary/aromatic N) is 2. The van der Waals surface area contributed by atoms with Crippen LogP contribution in [0.1, 0.15) is 41.1 Å². The molecular formula is C15H20N2O4. The van der Waals surface area contributed by atoms with Crippen LogP contribution in [0.3, 0.4) is 0 Å². The minimum absolute atomic E-state index is 0.0349. The van der Waals surface area contributed by atoms with Crippen molar-refractivity contribution < 1.29 is 19.4 Å². The van der Waals surface area contributed by atoms with Crippen LogP contribution >= 0.6 is 0 Å². The molecule has 1 aromatic rings. The highest BCUT2D eigenvalue weighted by Gasteiger charge is 2.28. The highest BCUT2D eigenvalue weighted by molar-refractivity contribution is 5.96. The third-order valence-corrected chi connectivity index (χ3v) is 3.46. The maximum absolute atomic E-state index is 12.6. The number of ether oxygens (including phenoxy) is 1. The summed E-state index contributed by atoms with van der Waals surface area (Å²) in [6, 6.07) is 2.91. The molecule has 6 nitrogen and oxygen atoms in total. The summed E-state index contributed by atoms with van der Waals surface area (Å²) in [6.45, 7) is 5.78. The Balaban J connectivity index is 2.20. The highest BCUT2D eigenvalue weighted by Crippen LogP contribution is 2.18. The Morgan fingerprint density at radius 1 is 1.52 bits per heavy atom. The van der Waals surface area contributed by atoms with Gasteiger partial charge in [-0.3, -0.25) is 4.79 Å². The van der Waals surface area contributed by atoms with Crippen LogP contribution in [0.2, 0.25) is 0 Å². The van der Waals surface area contributed by atoms with Gasteiger partial charge in [-0.1, -0.05) is 13.8 Å². The quantitative estimate of drug-likeness (QED) is 0.913. The molecule has 0 radical (unpaired) electrons. The van der Waals surface area contributed by atoms with Crippen LogP contribution in [-0.2, 0) is 4.74 Å². The first-order chi connectivity index (χ1) is 9.99. The van der Waals surface area contributed by atoms with Crippen molar-refractivity contribution in [2.75, 3.05) is 19.8 Å². The minimum Gasteiger partial charge on any atom is -0.477 e. The van der Waals surface area contributed by atoms with Gasteiger partial charge in [-0.2, -0.15) is 0 Å². The number of hydrogen-bond donors (Lipinski definition) is 1. The Morgan fingerprint density at radius 2 is 2.29 bits per heavy atom. The molecule has 0 spiro atoms. The van der Waals surface area contributed by atoms with Gasteiger partial charge in [0, 0.05) is 18.3 Å². The van der Waals surface area contributed by atoms with E-state index in [-0.39, 0.29) is 17.6 Å². The summed E-state index contributed by atoms with van der Waals surface area (Å²) in [5.74, 6) is -0.835. The number of amides is 1. The molecule has 1 aliphatic rings. The van der Waals surface area contributed by atoms with Gasteiger partial charge in [-0.15, -0.1) is 0 Å². The molecule has 1 amide bonds. The fraction of sp³-hybridized carbons (Fsp3) is 0.533. The normalized spacial score (nSPS) is 18.8. The second-order valence-corrected chi connectivity index (χ2v) is 5.59. The van der Waals surface area contributed by atoms with Crippen molar-refractivity contribution in [3.8, 4) is 0 Å². The van der Waals surface area contributed by atoms with Gasteiger partial charge >= 0.3 is 5.97 Å². The van der Waals surface area contributed by atoms with E-state index in [4.69, 9.17) is 9.84 Å². The number of carboxylic acid groups (broad SMARTS) is 1. The predicted octanol–water partition coefficient (Wildman–Crippen LogP) is 1.67. The third-order valence-electron chi connectivity index (χ3n) is 3.46. The van der Waals surface area contributed by atoms with Crippen molar-refractivity contribution in [2.45, 2.75) is 26.3 Å². The van der Waals surface area contributed by atoms with Crippen LogP contribution in [0.4, 0.5) is 0 Å². The molecule has 6 heteroatoms. The van der Waals surface area contributed by atoms with Crippen LogP contribution in [-0.4, -0.2) is 52.7 Å². The standard InChI is InChI=1S/C15H20N2O4/c1-10(2)7-12-9-21-6-5-17(12)14(18)11-3-4-16-13(8-11)15(19)20/h3-4,8,10,12H,5-7,9H2,1-2H3,(H,19,20). The molecular weight excluding hydrogens is 272 g/mol. The average molecular weight is 292 g/mol. The number of morpholine rings is 1. The number of aromatic carboxylic acids is 1. The molecule has 2 rings (SSSR count). The van der Waals surface area contributed by atoms with E-state index in [1.165, 1.54) is 12.3 Å². The van der Waals surface area contributed by atoms with Gasteiger partial charge in [0.2, 0.25) is 0 Å². The van der Waals surface area contributed by atoms with E-state index in [2.05, 4.69) is 18.8 Å². The van der Waals surface area contributed by atoms with Gasteiger partial charge in [0.15, 0.2) is 0 Å². The molecule has 0 aromatic carbocycles. The van der Waals surface area contributed by atoms with E-state index in [1.807, 2.05) is 0 Å². The summed E-state index contributed by atoms with van der Waals surface area (Å²) in [5, 5.41) is 8.96. The third kappa shape index (κ3) is 3.78. The Morgan fingerprint density at radius 3 is 2.95 bits per heavy atom. The van der Waals surface area contributed by atoms with Crippen LogP contribution < -0.4 is 0 Å². The second-order valence-electron chi connectivity index (χ2n) is 5.59. The summed E-state index contributed by atoms with van der Waals surface area (Å²) in [5.41, 5.74) is 0.243. The molecule has 0 bridgehead atoms. The maximum atomic E-state index is 12.6. The Kier molecular flexibility index (Phi) is 4.90.